The predicted molar refractivity (Wildman–Crippen MR) is 54.2 cm³/mol. The first-order valence-corrected chi connectivity index (χ1v) is 5.72. The van der Waals surface area contributed by atoms with E-state index >= 15 is 0 Å². The Morgan fingerprint density at radius 2 is 2.53 bits per heavy atom. The fourth-order valence-electron chi connectivity index (χ4n) is 1.45. The van der Waals surface area contributed by atoms with Gasteiger partial charge in [-0.1, -0.05) is 11.8 Å². The number of hydrogen-bond acceptors (Lipinski definition) is 6. The highest BCUT2D eigenvalue weighted by Crippen LogP contribution is 2.24. The van der Waals surface area contributed by atoms with Gasteiger partial charge < -0.3 is 15.5 Å². The Balaban J connectivity index is 1.94. The third kappa shape index (κ3) is 2.69. The third-order valence-corrected chi connectivity index (χ3v) is 2.96. The van der Waals surface area contributed by atoms with Crippen molar-refractivity contribution in [3.05, 3.63) is 5.89 Å². The molecule has 0 spiro atoms. The average molecular weight is 228 g/mol. The number of nitrogens with zero attached hydrogens (tertiary/aromatic N) is 2. The Kier molecular flexibility index (Phi) is 3.22. The minimum atomic E-state index is -0.390. The minimum Gasteiger partial charge on any atom is -0.414 e. The van der Waals surface area contributed by atoms with Crippen LogP contribution in [0.2, 0.25) is 0 Å². The summed E-state index contributed by atoms with van der Waals surface area (Å²) in [5, 5.41) is 11.4. The van der Waals surface area contributed by atoms with Crippen LogP contribution in [0.3, 0.4) is 0 Å². The molecule has 15 heavy (non-hydrogen) atoms. The number of nitrogens with one attached hydrogen (secondary N) is 1. The van der Waals surface area contributed by atoms with Crippen LogP contribution in [0.15, 0.2) is 9.64 Å². The summed E-state index contributed by atoms with van der Waals surface area (Å²) >= 11 is 1.17. The van der Waals surface area contributed by atoms with Crippen molar-refractivity contribution in [3.8, 4) is 0 Å². The molecule has 1 amide bonds. The second kappa shape index (κ2) is 4.63. The van der Waals surface area contributed by atoms with Gasteiger partial charge in [-0.05, 0) is 19.4 Å². The van der Waals surface area contributed by atoms with Crippen molar-refractivity contribution in [1.29, 1.82) is 0 Å². The maximum atomic E-state index is 10.5. The van der Waals surface area contributed by atoms with Crippen LogP contribution in [0.1, 0.15) is 24.8 Å². The second-order valence-corrected chi connectivity index (χ2v) is 4.24. The topological polar surface area (TPSA) is 94.0 Å². The molecule has 1 unspecified atom stereocenters. The number of rotatable bonds is 4. The largest absolute Gasteiger partial charge is 0.414 e. The number of amides is 1. The lowest BCUT2D eigenvalue weighted by atomic mass is 10.2. The molecule has 2 rings (SSSR count). The van der Waals surface area contributed by atoms with Gasteiger partial charge >= 0.3 is 0 Å². The van der Waals surface area contributed by atoms with E-state index in [2.05, 4.69) is 15.5 Å². The number of nitrogens with two attached hydrogens (primary N) is 1. The summed E-state index contributed by atoms with van der Waals surface area (Å²) in [4.78, 5) is 10.5. The number of primary amides is 1. The van der Waals surface area contributed by atoms with E-state index in [1.54, 1.807) is 0 Å². The van der Waals surface area contributed by atoms with E-state index in [4.69, 9.17) is 10.2 Å². The molecule has 1 atom stereocenters. The fourth-order valence-corrected chi connectivity index (χ4v) is 1.96. The van der Waals surface area contributed by atoms with Crippen LogP contribution in [-0.4, -0.2) is 28.4 Å². The monoisotopic (exact) mass is 228 g/mol. The van der Waals surface area contributed by atoms with Crippen LogP contribution < -0.4 is 11.1 Å². The summed E-state index contributed by atoms with van der Waals surface area (Å²) in [5.74, 6) is 0.373. The lowest BCUT2D eigenvalue weighted by Crippen LogP contribution is -2.13. The van der Waals surface area contributed by atoms with Gasteiger partial charge in [0, 0.05) is 0 Å². The lowest BCUT2D eigenvalue weighted by molar-refractivity contribution is -0.115. The molecule has 0 aliphatic carbocycles. The van der Waals surface area contributed by atoms with Crippen LogP contribution in [0.5, 0.6) is 0 Å². The molecule has 6 nitrogen and oxygen atoms in total. The molecule has 0 bridgehead atoms. The smallest absolute Gasteiger partial charge is 0.277 e. The number of thioether (sulfide) groups is 1. The molecule has 82 valence electrons. The zero-order valence-corrected chi connectivity index (χ0v) is 8.92. The van der Waals surface area contributed by atoms with E-state index in [1.165, 1.54) is 11.8 Å². The maximum Gasteiger partial charge on any atom is 0.277 e. The van der Waals surface area contributed by atoms with Gasteiger partial charge in [-0.3, -0.25) is 4.79 Å². The number of aromatic nitrogens is 2. The van der Waals surface area contributed by atoms with Crippen molar-refractivity contribution >= 4 is 17.7 Å². The van der Waals surface area contributed by atoms with Gasteiger partial charge in [-0.25, -0.2) is 0 Å². The Morgan fingerprint density at radius 1 is 1.67 bits per heavy atom. The summed E-state index contributed by atoms with van der Waals surface area (Å²) in [6.45, 7) is 0.983. The predicted octanol–water partition coefficient (Wildman–Crippen LogP) is 0.0715. The highest BCUT2D eigenvalue weighted by atomic mass is 32.2. The van der Waals surface area contributed by atoms with Gasteiger partial charge in [0.25, 0.3) is 5.22 Å². The second-order valence-electron chi connectivity index (χ2n) is 3.31. The van der Waals surface area contributed by atoms with Gasteiger partial charge in [0.1, 0.15) is 0 Å². The zero-order chi connectivity index (χ0) is 10.7. The van der Waals surface area contributed by atoms with Crippen molar-refractivity contribution in [1.82, 2.24) is 15.5 Å². The van der Waals surface area contributed by atoms with Crippen LogP contribution >= 0.6 is 11.8 Å². The summed E-state index contributed by atoms with van der Waals surface area (Å²) in [6, 6.07) is 0.167. The SMILES string of the molecule is NC(=O)CSc1nnc(C2CCCN2)o1. The molecule has 2 heterocycles. The van der Waals surface area contributed by atoms with Crippen molar-refractivity contribution in [3.63, 3.8) is 0 Å². The molecule has 1 aliphatic heterocycles. The standard InChI is InChI=1S/C8H12N4O2S/c9-6(13)4-15-8-12-11-7(14-8)5-2-1-3-10-5/h5,10H,1-4H2,(H2,9,13). The molecule has 0 radical (unpaired) electrons. The number of hydrogen-bond donors (Lipinski definition) is 2. The normalized spacial score (nSPS) is 20.7. The van der Waals surface area contributed by atoms with Crippen LogP contribution in [-0.2, 0) is 4.79 Å². The Labute approximate surface area is 91.0 Å². The average Bonchev–Trinajstić information content (AvgIpc) is 2.85. The van der Waals surface area contributed by atoms with Crippen molar-refractivity contribution in [2.45, 2.75) is 24.1 Å². The molecule has 1 aliphatic rings. The van der Waals surface area contributed by atoms with Gasteiger partial charge in [-0.2, -0.15) is 0 Å². The molecule has 7 heteroatoms. The van der Waals surface area contributed by atoms with E-state index in [1.807, 2.05) is 0 Å². The lowest BCUT2D eigenvalue weighted by Gasteiger charge is -2.01. The summed E-state index contributed by atoms with van der Waals surface area (Å²) in [7, 11) is 0. The first-order valence-electron chi connectivity index (χ1n) is 4.73. The molecule has 1 fully saturated rings. The molecule has 1 aromatic heterocycles. The maximum absolute atomic E-state index is 10.5. The van der Waals surface area contributed by atoms with E-state index in [9.17, 15) is 4.79 Å². The highest BCUT2D eigenvalue weighted by molar-refractivity contribution is 7.99. The van der Waals surface area contributed by atoms with Gasteiger partial charge in [0.05, 0.1) is 11.8 Å². The highest BCUT2D eigenvalue weighted by Gasteiger charge is 2.22. The van der Waals surface area contributed by atoms with E-state index < -0.39 is 5.91 Å². The molecule has 0 aromatic carbocycles. The van der Waals surface area contributed by atoms with Crippen molar-refractivity contribution in [2.75, 3.05) is 12.3 Å². The molecular formula is C8H12N4O2S. The Hall–Kier alpha value is -1.08. The van der Waals surface area contributed by atoms with Crippen LogP contribution in [0.25, 0.3) is 0 Å². The third-order valence-electron chi connectivity index (χ3n) is 2.12. The van der Waals surface area contributed by atoms with Gasteiger partial charge in [0.15, 0.2) is 0 Å². The Bertz CT molecular complexity index is 348. The van der Waals surface area contributed by atoms with E-state index in [-0.39, 0.29) is 11.8 Å². The molecule has 3 N–H and O–H groups in total. The quantitative estimate of drug-likeness (QED) is 0.708. The fraction of sp³-hybridized carbons (Fsp3) is 0.625. The van der Waals surface area contributed by atoms with E-state index in [0.29, 0.717) is 11.1 Å². The van der Waals surface area contributed by atoms with Crippen LogP contribution in [0, 0.1) is 0 Å². The Morgan fingerprint density at radius 3 is 3.20 bits per heavy atom. The molecule has 1 saturated heterocycles. The van der Waals surface area contributed by atoms with Gasteiger partial charge in [-0.15, -0.1) is 10.2 Å². The summed E-state index contributed by atoms with van der Waals surface area (Å²) < 4.78 is 5.39. The molecule has 0 saturated carbocycles. The van der Waals surface area contributed by atoms with Crippen molar-refractivity contribution < 1.29 is 9.21 Å². The zero-order valence-electron chi connectivity index (χ0n) is 8.10. The molecular weight excluding hydrogens is 216 g/mol. The minimum absolute atomic E-state index is 0.166. The summed E-state index contributed by atoms with van der Waals surface area (Å²) in [6.07, 6.45) is 2.14. The van der Waals surface area contributed by atoms with Crippen molar-refractivity contribution in [2.24, 2.45) is 5.73 Å². The first-order chi connectivity index (χ1) is 7.25. The van der Waals surface area contributed by atoms with Gasteiger partial charge in [0.2, 0.25) is 11.8 Å². The first kappa shape index (κ1) is 10.4. The van der Waals surface area contributed by atoms with Crippen LogP contribution in [0.4, 0.5) is 0 Å². The number of carbonyl (C=O) groups excluding carboxylic acids is 1. The molecule has 1 aromatic rings. The van der Waals surface area contributed by atoms with E-state index in [0.717, 1.165) is 19.4 Å². The summed E-state index contributed by atoms with van der Waals surface area (Å²) in [5.41, 5.74) is 5.01. The number of carbonyl (C=O) groups is 1.